The van der Waals surface area contributed by atoms with E-state index in [-0.39, 0.29) is 6.04 Å². The van der Waals surface area contributed by atoms with E-state index in [2.05, 4.69) is 29.2 Å². The summed E-state index contributed by atoms with van der Waals surface area (Å²) in [5, 5.41) is 4.03. The van der Waals surface area contributed by atoms with Gasteiger partial charge in [0.1, 0.15) is 6.04 Å². The van der Waals surface area contributed by atoms with Crippen LogP contribution in [0.3, 0.4) is 0 Å². The third kappa shape index (κ3) is 3.01. The van der Waals surface area contributed by atoms with Gasteiger partial charge < -0.3 is 10.3 Å². The molecule has 0 aliphatic heterocycles. The number of hydrogen-bond acceptors (Lipinski definition) is 4. The van der Waals surface area contributed by atoms with Gasteiger partial charge in [-0.25, -0.2) is 0 Å². The molecule has 0 amide bonds. The Balaban J connectivity index is 1.79. The van der Waals surface area contributed by atoms with E-state index in [0.717, 1.165) is 5.56 Å². The highest BCUT2D eigenvalue weighted by molar-refractivity contribution is 5.28. The number of rotatable bonds is 4. The average Bonchev–Trinajstić information content (AvgIpc) is 2.98. The third-order valence-electron chi connectivity index (χ3n) is 3.52. The molecule has 0 fully saturated rings. The zero-order valence-electron chi connectivity index (χ0n) is 11.9. The molecule has 3 rings (SSSR count). The first kappa shape index (κ1) is 13.5. The summed E-state index contributed by atoms with van der Waals surface area (Å²) in [7, 11) is 0. The molecule has 1 atom stereocenters. The molecule has 0 unspecified atom stereocenters. The third-order valence-corrected chi connectivity index (χ3v) is 3.52. The van der Waals surface area contributed by atoms with Crippen molar-refractivity contribution in [1.82, 2.24) is 10.1 Å². The summed E-state index contributed by atoms with van der Waals surface area (Å²) in [5.74, 6) is 1.11. The molecule has 0 aliphatic rings. The summed E-state index contributed by atoms with van der Waals surface area (Å²) in [5.41, 5.74) is 9.53. The Kier molecular flexibility index (Phi) is 3.79. The van der Waals surface area contributed by atoms with Crippen molar-refractivity contribution >= 4 is 0 Å². The maximum Gasteiger partial charge on any atom is 0.248 e. The molecule has 0 aliphatic carbocycles. The number of nitrogens with zero attached hydrogens (tertiary/aromatic N) is 2. The molecule has 2 aromatic carbocycles. The number of aryl methyl sites for hydroxylation is 1. The molecule has 1 aromatic heterocycles. The second kappa shape index (κ2) is 5.89. The Morgan fingerprint density at radius 2 is 1.76 bits per heavy atom. The minimum atomic E-state index is -0.385. The van der Waals surface area contributed by atoms with Crippen LogP contribution in [0.1, 0.15) is 34.4 Å². The van der Waals surface area contributed by atoms with Gasteiger partial charge in [-0.3, -0.25) is 0 Å². The highest BCUT2D eigenvalue weighted by Crippen LogP contribution is 2.18. The lowest BCUT2D eigenvalue weighted by Crippen LogP contribution is -2.12. The standard InChI is InChI=1S/C17H17N3O/c1-12-7-5-6-10-14(12)11-15-19-17(21-20-15)16(18)13-8-3-2-4-9-13/h2-10,16H,11,18H2,1H3/t16-/m0/s1. The van der Waals surface area contributed by atoms with Crippen LogP contribution in [-0.2, 0) is 6.42 Å². The van der Waals surface area contributed by atoms with Crippen molar-refractivity contribution in [3.63, 3.8) is 0 Å². The molecule has 0 spiro atoms. The largest absolute Gasteiger partial charge is 0.337 e. The fraction of sp³-hybridized carbons (Fsp3) is 0.176. The lowest BCUT2D eigenvalue weighted by Gasteiger charge is -2.05. The highest BCUT2D eigenvalue weighted by atomic mass is 16.5. The van der Waals surface area contributed by atoms with E-state index in [0.29, 0.717) is 18.1 Å². The highest BCUT2D eigenvalue weighted by Gasteiger charge is 2.16. The van der Waals surface area contributed by atoms with Gasteiger partial charge in [0.15, 0.2) is 5.82 Å². The Labute approximate surface area is 123 Å². The molecule has 0 saturated heterocycles. The average molecular weight is 279 g/mol. The second-order valence-electron chi connectivity index (χ2n) is 5.04. The van der Waals surface area contributed by atoms with Crippen molar-refractivity contribution in [1.29, 1.82) is 0 Å². The van der Waals surface area contributed by atoms with Gasteiger partial charge in [-0.1, -0.05) is 59.8 Å². The zero-order chi connectivity index (χ0) is 14.7. The Morgan fingerprint density at radius 1 is 1.05 bits per heavy atom. The van der Waals surface area contributed by atoms with Crippen molar-refractivity contribution in [3.8, 4) is 0 Å². The van der Waals surface area contributed by atoms with Gasteiger partial charge in [-0.05, 0) is 23.6 Å². The first-order valence-corrected chi connectivity index (χ1v) is 6.91. The van der Waals surface area contributed by atoms with E-state index in [1.54, 1.807) is 0 Å². The zero-order valence-corrected chi connectivity index (χ0v) is 11.9. The molecule has 0 radical (unpaired) electrons. The smallest absolute Gasteiger partial charge is 0.248 e. The molecule has 1 heterocycles. The van der Waals surface area contributed by atoms with Gasteiger partial charge in [0.2, 0.25) is 5.89 Å². The lowest BCUT2D eigenvalue weighted by molar-refractivity contribution is 0.363. The Bertz CT molecular complexity index is 722. The topological polar surface area (TPSA) is 64.9 Å². The predicted octanol–water partition coefficient (Wildman–Crippen LogP) is 3.02. The monoisotopic (exact) mass is 279 g/mol. The van der Waals surface area contributed by atoms with Crippen molar-refractivity contribution in [2.45, 2.75) is 19.4 Å². The molecule has 4 heteroatoms. The summed E-state index contributed by atoms with van der Waals surface area (Å²) < 4.78 is 5.31. The summed E-state index contributed by atoms with van der Waals surface area (Å²) in [6, 6.07) is 17.5. The molecule has 3 aromatic rings. The van der Waals surface area contributed by atoms with Crippen LogP contribution in [0.15, 0.2) is 59.1 Å². The van der Waals surface area contributed by atoms with Crippen LogP contribution in [0.4, 0.5) is 0 Å². The maximum absolute atomic E-state index is 6.16. The molecule has 0 saturated carbocycles. The van der Waals surface area contributed by atoms with Gasteiger partial charge in [0.05, 0.1) is 0 Å². The molecule has 4 nitrogen and oxygen atoms in total. The van der Waals surface area contributed by atoms with Crippen LogP contribution in [0.5, 0.6) is 0 Å². The summed E-state index contributed by atoms with van der Waals surface area (Å²) in [6.45, 7) is 2.08. The van der Waals surface area contributed by atoms with Crippen LogP contribution in [0.2, 0.25) is 0 Å². The van der Waals surface area contributed by atoms with Gasteiger partial charge in [0, 0.05) is 6.42 Å². The van der Waals surface area contributed by atoms with Crippen LogP contribution in [0, 0.1) is 6.92 Å². The van der Waals surface area contributed by atoms with Crippen molar-refractivity contribution in [3.05, 3.63) is 83.0 Å². The van der Waals surface area contributed by atoms with Crippen LogP contribution < -0.4 is 5.73 Å². The molecule has 106 valence electrons. The Hall–Kier alpha value is -2.46. The first-order valence-electron chi connectivity index (χ1n) is 6.91. The van der Waals surface area contributed by atoms with Crippen LogP contribution >= 0.6 is 0 Å². The molecular weight excluding hydrogens is 262 g/mol. The van der Waals surface area contributed by atoms with Crippen LogP contribution in [-0.4, -0.2) is 10.1 Å². The quantitative estimate of drug-likeness (QED) is 0.797. The second-order valence-corrected chi connectivity index (χ2v) is 5.04. The molecular formula is C17H17N3O. The molecule has 0 bridgehead atoms. The van der Waals surface area contributed by atoms with Crippen molar-refractivity contribution in [2.24, 2.45) is 5.73 Å². The number of aromatic nitrogens is 2. The molecule has 21 heavy (non-hydrogen) atoms. The lowest BCUT2D eigenvalue weighted by atomic mass is 10.1. The number of benzene rings is 2. The van der Waals surface area contributed by atoms with E-state index in [1.165, 1.54) is 11.1 Å². The fourth-order valence-electron chi connectivity index (χ4n) is 2.25. The van der Waals surface area contributed by atoms with Gasteiger partial charge >= 0.3 is 0 Å². The summed E-state index contributed by atoms with van der Waals surface area (Å²) >= 11 is 0. The number of nitrogens with two attached hydrogens (primary N) is 1. The number of hydrogen-bond donors (Lipinski definition) is 1. The normalized spacial score (nSPS) is 12.3. The fourth-order valence-corrected chi connectivity index (χ4v) is 2.25. The van der Waals surface area contributed by atoms with Gasteiger partial charge in [-0.2, -0.15) is 4.98 Å². The maximum atomic E-state index is 6.16. The van der Waals surface area contributed by atoms with E-state index >= 15 is 0 Å². The van der Waals surface area contributed by atoms with E-state index < -0.39 is 0 Å². The minimum absolute atomic E-state index is 0.385. The van der Waals surface area contributed by atoms with Crippen LogP contribution in [0.25, 0.3) is 0 Å². The molecule has 2 N–H and O–H groups in total. The SMILES string of the molecule is Cc1ccccc1Cc1noc([C@@H](N)c2ccccc2)n1. The predicted molar refractivity (Wildman–Crippen MR) is 80.8 cm³/mol. The van der Waals surface area contributed by atoms with Gasteiger partial charge in [-0.15, -0.1) is 0 Å². The van der Waals surface area contributed by atoms with E-state index in [1.807, 2.05) is 42.5 Å². The summed E-state index contributed by atoms with van der Waals surface area (Å²) in [4.78, 5) is 4.42. The van der Waals surface area contributed by atoms with E-state index in [9.17, 15) is 0 Å². The van der Waals surface area contributed by atoms with E-state index in [4.69, 9.17) is 10.3 Å². The minimum Gasteiger partial charge on any atom is -0.337 e. The Morgan fingerprint density at radius 3 is 2.52 bits per heavy atom. The van der Waals surface area contributed by atoms with Crippen molar-refractivity contribution in [2.75, 3.05) is 0 Å². The summed E-state index contributed by atoms with van der Waals surface area (Å²) in [6.07, 6.45) is 0.650. The van der Waals surface area contributed by atoms with Gasteiger partial charge in [0.25, 0.3) is 0 Å². The first-order chi connectivity index (χ1) is 10.2. The van der Waals surface area contributed by atoms with Crippen molar-refractivity contribution < 1.29 is 4.52 Å².